The van der Waals surface area contributed by atoms with Gasteiger partial charge in [-0.05, 0) is 43.7 Å². The molecule has 5 nitrogen and oxygen atoms in total. The highest BCUT2D eigenvalue weighted by Gasteiger charge is 2.17. The van der Waals surface area contributed by atoms with Crippen LogP contribution in [0.3, 0.4) is 0 Å². The summed E-state index contributed by atoms with van der Waals surface area (Å²) >= 11 is 13.9. The molecule has 8 heteroatoms. The first-order valence-electron chi connectivity index (χ1n) is 9.92. The molecule has 0 saturated heterocycles. The minimum absolute atomic E-state index is 0.340. The first kappa shape index (κ1) is 23.4. The molecule has 0 bridgehead atoms. The lowest BCUT2D eigenvalue weighted by Crippen LogP contribution is -2.17. The number of rotatable bonds is 7. The van der Waals surface area contributed by atoms with Gasteiger partial charge in [0.15, 0.2) is 16.3 Å². The molecule has 0 N–H and O–H groups in total. The highest BCUT2D eigenvalue weighted by molar-refractivity contribution is 7.09. The van der Waals surface area contributed by atoms with Gasteiger partial charge in [-0.2, -0.15) is 4.99 Å². The van der Waals surface area contributed by atoms with Crippen LogP contribution in [0.5, 0.6) is 11.5 Å². The van der Waals surface area contributed by atoms with Gasteiger partial charge in [-0.3, -0.25) is 4.79 Å². The fourth-order valence-electron chi connectivity index (χ4n) is 3.31. The first-order valence-corrected chi connectivity index (χ1v) is 11.5. The van der Waals surface area contributed by atoms with Gasteiger partial charge in [-0.1, -0.05) is 42.6 Å². The fourth-order valence-corrected chi connectivity index (χ4v) is 4.92. The van der Waals surface area contributed by atoms with E-state index >= 15 is 0 Å². The Morgan fingerprint density at radius 1 is 1.03 bits per heavy atom. The quantitative estimate of drug-likeness (QED) is 0.402. The lowest BCUT2D eigenvalue weighted by Gasteiger charge is -2.10. The first-order chi connectivity index (χ1) is 14.9. The zero-order chi connectivity index (χ0) is 22.5. The van der Waals surface area contributed by atoms with Crippen molar-refractivity contribution in [3.8, 4) is 22.8 Å². The predicted molar refractivity (Wildman–Crippen MR) is 127 cm³/mol. The lowest BCUT2D eigenvalue weighted by molar-refractivity contribution is 0.0997. The van der Waals surface area contributed by atoms with Crippen molar-refractivity contribution in [2.24, 2.45) is 4.99 Å². The Balaban J connectivity index is 2.14. The molecule has 31 heavy (non-hydrogen) atoms. The monoisotopic (exact) mass is 478 g/mol. The van der Waals surface area contributed by atoms with E-state index in [9.17, 15) is 4.79 Å². The van der Waals surface area contributed by atoms with Gasteiger partial charge in [0.1, 0.15) is 0 Å². The molecule has 0 unspecified atom stereocenters. The van der Waals surface area contributed by atoms with Crippen LogP contribution in [0.15, 0.2) is 41.4 Å². The van der Waals surface area contributed by atoms with E-state index in [2.05, 4.69) is 11.9 Å². The molecule has 0 saturated carbocycles. The number of halogens is 2. The van der Waals surface area contributed by atoms with Crippen molar-refractivity contribution in [1.29, 1.82) is 0 Å². The van der Waals surface area contributed by atoms with E-state index in [0.717, 1.165) is 29.0 Å². The number of nitrogens with zero attached hydrogens (tertiary/aromatic N) is 2. The van der Waals surface area contributed by atoms with Crippen LogP contribution in [0, 0.1) is 0 Å². The maximum Gasteiger partial charge on any atom is 0.279 e. The summed E-state index contributed by atoms with van der Waals surface area (Å²) in [6.07, 6.45) is 1.85. The number of methoxy groups -OCH3 is 2. The highest BCUT2D eigenvalue weighted by Crippen LogP contribution is 2.32. The van der Waals surface area contributed by atoms with Gasteiger partial charge >= 0.3 is 0 Å². The van der Waals surface area contributed by atoms with Crippen molar-refractivity contribution in [3.05, 3.63) is 61.7 Å². The summed E-state index contributed by atoms with van der Waals surface area (Å²) in [4.78, 5) is 19.2. The number of aromatic nitrogens is 1. The molecule has 0 spiro atoms. The van der Waals surface area contributed by atoms with Crippen LogP contribution in [-0.2, 0) is 13.0 Å². The van der Waals surface area contributed by atoms with Crippen LogP contribution in [0.25, 0.3) is 11.3 Å². The smallest absolute Gasteiger partial charge is 0.279 e. The van der Waals surface area contributed by atoms with Crippen molar-refractivity contribution in [3.63, 3.8) is 0 Å². The van der Waals surface area contributed by atoms with Crippen LogP contribution in [0.1, 0.15) is 35.5 Å². The molecule has 0 atom stereocenters. The molecule has 1 heterocycles. The van der Waals surface area contributed by atoms with Crippen molar-refractivity contribution < 1.29 is 14.3 Å². The van der Waals surface area contributed by atoms with Crippen LogP contribution in [0.4, 0.5) is 0 Å². The number of benzene rings is 2. The molecule has 0 aliphatic rings. The topological polar surface area (TPSA) is 52.8 Å². The zero-order valence-electron chi connectivity index (χ0n) is 17.9. The van der Waals surface area contributed by atoms with Crippen molar-refractivity contribution >= 4 is 40.4 Å². The molecular formula is C23H24Cl2N2O3S. The molecule has 1 amide bonds. The van der Waals surface area contributed by atoms with Gasteiger partial charge in [0, 0.05) is 22.5 Å². The van der Waals surface area contributed by atoms with Gasteiger partial charge in [0.2, 0.25) is 0 Å². The van der Waals surface area contributed by atoms with Crippen LogP contribution in [-0.4, -0.2) is 24.7 Å². The Morgan fingerprint density at radius 2 is 1.77 bits per heavy atom. The standard InChI is InChI=1S/C23H24Cl2N2O3S/c1-5-7-20-21(14-8-10-16(24)17(25)12-14)27(6-2)23(31-20)26-22(28)15-9-11-18(29-3)19(13-15)30-4/h8-13H,5-7H2,1-4H3. The van der Waals surface area contributed by atoms with Gasteiger partial charge in [-0.15, -0.1) is 11.3 Å². The third-order valence-electron chi connectivity index (χ3n) is 4.79. The Kier molecular flexibility index (Phi) is 7.81. The number of thiazole rings is 1. The SMILES string of the molecule is CCCc1sc(=NC(=O)c2ccc(OC)c(OC)c2)n(CC)c1-c1ccc(Cl)c(Cl)c1. The van der Waals surface area contributed by atoms with Crippen molar-refractivity contribution in [2.45, 2.75) is 33.2 Å². The molecule has 3 rings (SSSR count). The molecule has 164 valence electrons. The summed E-state index contributed by atoms with van der Waals surface area (Å²) in [5, 5.41) is 1.00. The number of hydrogen-bond acceptors (Lipinski definition) is 4. The summed E-state index contributed by atoms with van der Waals surface area (Å²) in [7, 11) is 3.09. The Hall–Kier alpha value is -2.28. The molecule has 3 aromatic rings. The van der Waals surface area contributed by atoms with Crippen LogP contribution in [0.2, 0.25) is 10.0 Å². The van der Waals surface area contributed by atoms with Gasteiger partial charge in [0.25, 0.3) is 5.91 Å². The largest absolute Gasteiger partial charge is 0.493 e. The van der Waals surface area contributed by atoms with E-state index in [1.165, 1.54) is 18.4 Å². The summed E-state index contributed by atoms with van der Waals surface area (Å²) in [6, 6.07) is 10.6. The van der Waals surface area contributed by atoms with E-state index in [-0.39, 0.29) is 5.91 Å². The zero-order valence-corrected chi connectivity index (χ0v) is 20.2. The maximum atomic E-state index is 13.0. The van der Waals surface area contributed by atoms with E-state index in [4.69, 9.17) is 32.7 Å². The fraction of sp³-hybridized carbons (Fsp3) is 0.304. The van der Waals surface area contributed by atoms with E-state index < -0.39 is 0 Å². The summed E-state index contributed by atoms with van der Waals surface area (Å²) < 4.78 is 12.6. The second-order valence-corrected chi connectivity index (χ2v) is 8.64. The summed E-state index contributed by atoms with van der Waals surface area (Å²) in [5.41, 5.74) is 2.41. The third kappa shape index (κ3) is 4.97. The normalized spacial score (nSPS) is 11.6. The highest BCUT2D eigenvalue weighted by atomic mass is 35.5. The summed E-state index contributed by atoms with van der Waals surface area (Å²) in [5.74, 6) is 0.709. The van der Waals surface area contributed by atoms with E-state index in [1.807, 2.05) is 23.6 Å². The van der Waals surface area contributed by atoms with Crippen molar-refractivity contribution in [2.75, 3.05) is 14.2 Å². The Labute approximate surface area is 195 Å². The molecule has 0 aliphatic heterocycles. The third-order valence-corrected chi connectivity index (χ3v) is 6.67. The molecule has 0 radical (unpaired) electrons. The molecule has 0 fully saturated rings. The number of hydrogen-bond donors (Lipinski definition) is 0. The van der Waals surface area contributed by atoms with E-state index in [0.29, 0.717) is 38.5 Å². The van der Waals surface area contributed by atoms with Crippen LogP contribution >= 0.6 is 34.5 Å². The number of aryl methyl sites for hydroxylation is 1. The number of amides is 1. The molecule has 1 aromatic heterocycles. The van der Waals surface area contributed by atoms with Crippen LogP contribution < -0.4 is 14.3 Å². The minimum atomic E-state index is -0.340. The van der Waals surface area contributed by atoms with E-state index in [1.54, 1.807) is 31.4 Å². The molecular weight excluding hydrogens is 455 g/mol. The number of carbonyl (C=O) groups is 1. The average Bonchev–Trinajstić information content (AvgIpc) is 3.11. The Morgan fingerprint density at radius 3 is 2.39 bits per heavy atom. The molecule has 2 aromatic carbocycles. The lowest BCUT2D eigenvalue weighted by atomic mass is 10.1. The minimum Gasteiger partial charge on any atom is -0.493 e. The average molecular weight is 479 g/mol. The second-order valence-electron chi connectivity index (χ2n) is 6.77. The van der Waals surface area contributed by atoms with Gasteiger partial charge < -0.3 is 14.0 Å². The number of carbonyl (C=O) groups excluding carboxylic acids is 1. The number of ether oxygens (including phenoxy) is 2. The Bertz CT molecular complexity index is 1170. The van der Waals surface area contributed by atoms with Gasteiger partial charge in [-0.25, -0.2) is 0 Å². The van der Waals surface area contributed by atoms with Gasteiger partial charge in [0.05, 0.1) is 30.0 Å². The second kappa shape index (κ2) is 10.4. The summed E-state index contributed by atoms with van der Waals surface area (Å²) in [6.45, 7) is 4.82. The molecule has 0 aliphatic carbocycles. The predicted octanol–water partition coefficient (Wildman–Crippen LogP) is 6.25. The van der Waals surface area contributed by atoms with Crippen molar-refractivity contribution in [1.82, 2.24) is 4.57 Å². The maximum absolute atomic E-state index is 13.0.